The smallest absolute Gasteiger partial charge is 0.261 e. The van der Waals surface area contributed by atoms with Crippen LogP contribution >= 0.6 is 0 Å². The van der Waals surface area contributed by atoms with Gasteiger partial charge < -0.3 is 14.4 Å². The standard InChI is InChI=1S/C25H33N3O5/c29-23(27-9-6-18(7-10-27)5-8-26-11-14-32-15-12-26)19-3-4-21-22(16-19)25(31)28(24(21)30)17-20-2-1-13-33-20/h3-4,16,18,20H,1-2,5-15,17H2. The number of ether oxygens (including phenoxy) is 2. The summed E-state index contributed by atoms with van der Waals surface area (Å²) < 4.78 is 11.0. The minimum absolute atomic E-state index is 0.0535. The van der Waals surface area contributed by atoms with Crippen LogP contribution in [0.15, 0.2) is 18.2 Å². The number of imide groups is 1. The molecule has 3 amide bonds. The van der Waals surface area contributed by atoms with Crippen molar-refractivity contribution < 1.29 is 23.9 Å². The first-order valence-electron chi connectivity index (χ1n) is 12.3. The third-order valence-electron chi connectivity index (χ3n) is 7.49. The molecule has 8 heteroatoms. The Labute approximate surface area is 194 Å². The predicted molar refractivity (Wildman–Crippen MR) is 121 cm³/mol. The number of amides is 3. The van der Waals surface area contributed by atoms with Crippen molar-refractivity contribution in [3.63, 3.8) is 0 Å². The number of hydrogen-bond acceptors (Lipinski definition) is 6. The van der Waals surface area contributed by atoms with Gasteiger partial charge in [0, 0.05) is 38.3 Å². The summed E-state index contributed by atoms with van der Waals surface area (Å²) in [6.07, 6.45) is 4.91. The fraction of sp³-hybridized carbons (Fsp3) is 0.640. The van der Waals surface area contributed by atoms with Gasteiger partial charge in [-0.1, -0.05) is 0 Å². The first kappa shape index (κ1) is 22.5. The van der Waals surface area contributed by atoms with Gasteiger partial charge in [-0.2, -0.15) is 0 Å². The molecule has 3 fully saturated rings. The van der Waals surface area contributed by atoms with Crippen molar-refractivity contribution in [2.75, 3.05) is 59.1 Å². The SMILES string of the molecule is O=C(c1ccc2c(c1)C(=O)N(CC1CCCO1)C2=O)N1CCC(CCN2CCOCC2)CC1. The Morgan fingerprint density at radius 1 is 0.939 bits per heavy atom. The Morgan fingerprint density at radius 3 is 2.42 bits per heavy atom. The first-order valence-corrected chi connectivity index (χ1v) is 12.3. The van der Waals surface area contributed by atoms with Crippen LogP contribution in [0.25, 0.3) is 0 Å². The van der Waals surface area contributed by atoms with Crippen molar-refractivity contribution in [1.82, 2.24) is 14.7 Å². The van der Waals surface area contributed by atoms with Crippen LogP contribution in [0.4, 0.5) is 0 Å². The molecule has 0 aliphatic carbocycles. The highest BCUT2D eigenvalue weighted by Gasteiger charge is 2.38. The topological polar surface area (TPSA) is 79.4 Å². The summed E-state index contributed by atoms with van der Waals surface area (Å²) in [7, 11) is 0. The zero-order valence-corrected chi connectivity index (χ0v) is 19.2. The highest BCUT2D eigenvalue weighted by Crippen LogP contribution is 2.28. The van der Waals surface area contributed by atoms with Gasteiger partial charge in [0.15, 0.2) is 0 Å². The number of nitrogens with zero attached hydrogens (tertiary/aromatic N) is 3. The summed E-state index contributed by atoms with van der Waals surface area (Å²) in [5.41, 5.74) is 1.21. The lowest BCUT2D eigenvalue weighted by Gasteiger charge is -2.34. The maximum Gasteiger partial charge on any atom is 0.261 e. The Balaban J connectivity index is 1.16. The normalized spacial score (nSPS) is 24.5. The summed E-state index contributed by atoms with van der Waals surface area (Å²) in [5, 5.41) is 0. The van der Waals surface area contributed by atoms with Crippen LogP contribution in [0.2, 0.25) is 0 Å². The van der Waals surface area contributed by atoms with Crippen LogP contribution in [0.5, 0.6) is 0 Å². The molecule has 1 atom stereocenters. The maximum absolute atomic E-state index is 13.1. The second-order valence-corrected chi connectivity index (χ2v) is 9.59. The number of likely N-dealkylation sites (tertiary alicyclic amines) is 1. The second kappa shape index (κ2) is 9.91. The van der Waals surface area contributed by atoms with E-state index in [1.54, 1.807) is 18.2 Å². The molecular formula is C25H33N3O5. The van der Waals surface area contributed by atoms with E-state index in [0.29, 0.717) is 29.2 Å². The van der Waals surface area contributed by atoms with E-state index in [4.69, 9.17) is 9.47 Å². The zero-order chi connectivity index (χ0) is 22.8. The number of carbonyl (C=O) groups is 3. The van der Waals surface area contributed by atoms with Crippen molar-refractivity contribution in [1.29, 1.82) is 0 Å². The molecule has 4 heterocycles. The zero-order valence-electron chi connectivity index (χ0n) is 19.2. The number of hydrogen-bond donors (Lipinski definition) is 0. The van der Waals surface area contributed by atoms with E-state index in [1.165, 1.54) is 4.90 Å². The average Bonchev–Trinajstić information content (AvgIpc) is 3.46. The molecule has 33 heavy (non-hydrogen) atoms. The molecule has 1 aromatic carbocycles. The summed E-state index contributed by atoms with van der Waals surface area (Å²) in [5.74, 6) is -0.0164. The molecule has 0 radical (unpaired) electrons. The minimum Gasteiger partial charge on any atom is -0.379 e. The number of rotatable bonds is 6. The lowest BCUT2D eigenvalue weighted by atomic mass is 9.92. The van der Waals surface area contributed by atoms with Crippen LogP contribution in [0.1, 0.15) is 63.2 Å². The van der Waals surface area contributed by atoms with Crippen LogP contribution in [-0.2, 0) is 9.47 Å². The number of piperidine rings is 1. The lowest BCUT2D eigenvalue weighted by Crippen LogP contribution is -2.40. The molecule has 8 nitrogen and oxygen atoms in total. The van der Waals surface area contributed by atoms with Gasteiger partial charge in [0.1, 0.15) is 0 Å². The molecule has 3 saturated heterocycles. The van der Waals surface area contributed by atoms with E-state index in [1.807, 2.05) is 4.90 Å². The van der Waals surface area contributed by atoms with E-state index in [9.17, 15) is 14.4 Å². The molecule has 0 N–H and O–H groups in total. The quantitative estimate of drug-likeness (QED) is 0.611. The largest absolute Gasteiger partial charge is 0.379 e. The molecule has 1 aromatic rings. The summed E-state index contributed by atoms with van der Waals surface area (Å²) in [6.45, 7) is 7.23. The van der Waals surface area contributed by atoms with Crippen LogP contribution in [0.3, 0.4) is 0 Å². The fourth-order valence-electron chi connectivity index (χ4n) is 5.38. The van der Waals surface area contributed by atoms with Gasteiger partial charge >= 0.3 is 0 Å². The summed E-state index contributed by atoms with van der Waals surface area (Å²) in [6, 6.07) is 4.93. The molecule has 178 valence electrons. The van der Waals surface area contributed by atoms with Crippen molar-refractivity contribution in [3.8, 4) is 0 Å². The molecule has 1 unspecified atom stereocenters. The lowest BCUT2D eigenvalue weighted by molar-refractivity contribution is 0.0332. The fourth-order valence-corrected chi connectivity index (χ4v) is 5.38. The molecular weight excluding hydrogens is 422 g/mol. The molecule has 4 aliphatic heterocycles. The third-order valence-corrected chi connectivity index (χ3v) is 7.49. The highest BCUT2D eigenvalue weighted by atomic mass is 16.5. The Hall–Kier alpha value is -2.29. The molecule has 0 saturated carbocycles. The molecule has 4 aliphatic rings. The number of morpholine rings is 1. The number of carbonyl (C=O) groups excluding carboxylic acids is 3. The second-order valence-electron chi connectivity index (χ2n) is 9.59. The third kappa shape index (κ3) is 4.83. The van der Waals surface area contributed by atoms with Gasteiger partial charge in [-0.05, 0) is 62.8 Å². The van der Waals surface area contributed by atoms with Crippen LogP contribution in [0, 0.1) is 5.92 Å². The van der Waals surface area contributed by atoms with Gasteiger partial charge in [0.2, 0.25) is 0 Å². The summed E-state index contributed by atoms with van der Waals surface area (Å²) >= 11 is 0. The van der Waals surface area contributed by atoms with Gasteiger partial charge in [-0.15, -0.1) is 0 Å². The minimum atomic E-state index is -0.318. The average molecular weight is 456 g/mol. The van der Waals surface area contributed by atoms with Crippen LogP contribution in [-0.4, -0.2) is 97.6 Å². The van der Waals surface area contributed by atoms with Crippen molar-refractivity contribution in [3.05, 3.63) is 34.9 Å². The number of benzene rings is 1. The molecule has 0 bridgehead atoms. The van der Waals surface area contributed by atoms with E-state index in [-0.39, 0.29) is 30.4 Å². The Kier molecular flexibility index (Phi) is 6.76. The van der Waals surface area contributed by atoms with Gasteiger partial charge in [-0.3, -0.25) is 24.2 Å². The Bertz CT molecular complexity index is 899. The monoisotopic (exact) mass is 455 g/mol. The van der Waals surface area contributed by atoms with Gasteiger partial charge in [0.05, 0.1) is 37.0 Å². The van der Waals surface area contributed by atoms with Crippen molar-refractivity contribution in [2.45, 2.75) is 38.2 Å². The van der Waals surface area contributed by atoms with E-state index < -0.39 is 0 Å². The van der Waals surface area contributed by atoms with E-state index in [2.05, 4.69) is 4.90 Å². The summed E-state index contributed by atoms with van der Waals surface area (Å²) in [4.78, 5) is 44.4. The van der Waals surface area contributed by atoms with Crippen molar-refractivity contribution >= 4 is 17.7 Å². The van der Waals surface area contributed by atoms with Crippen LogP contribution < -0.4 is 0 Å². The Morgan fingerprint density at radius 2 is 1.70 bits per heavy atom. The molecule has 5 rings (SSSR count). The predicted octanol–water partition coefficient (Wildman–Crippen LogP) is 2.04. The molecule has 0 aromatic heterocycles. The van der Waals surface area contributed by atoms with Gasteiger partial charge in [0.25, 0.3) is 17.7 Å². The molecule has 0 spiro atoms. The highest BCUT2D eigenvalue weighted by molar-refractivity contribution is 6.22. The number of fused-ring (bicyclic) bond motifs is 1. The van der Waals surface area contributed by atoms with Crippen molar-refractivity contribution in [2.24, 2.45) is 5.92 Å². The maximum atomic E-state index is 13.1. The van der Waals surface area contributed by atoms with E-state index >= 15 is 0 Å². The first-order chi connectivity index (χ1) is 16.1. The van der Waals surface area contributed by atoms with Gasteiger partial charge in [-0.25, -0.2) is 0 Å². The van der Waals surface area contributed by atoms with E-state index in [0.717, 1.165) is 78.0 Å².